The number of unbranched alkanes of at least 4 members (excludes halogenated alkanes) is 7. The Labute approximate surface area is 132 Å². The molecule has 2 atom stereocenters. The molecule has 0 fully saturated rings. The first kappa shape index (κ1) is 20.6. The maximum atomic E-state index is 11.9. The van der Waals surface area contributed by atoms with Crippen molar-refractivity contribution in [2.45, 2.75) is 110 Å². The van der Waals surface area contributed by atoms with Crippen LogP contribution in [0.3, 0.4) is 0 Å². The highest BCUT2D eigenvalue weighted by molar-refractivity contribution is 5.78. The molecule has 21 heavy (non-hydrogen) atoms. The number of hydrogen-bond acceptors (Lipinski definition) is 2. The molecule has 0 aromatic heterocycles. The van der Waals surface area contributed by atoms with Gasteiger partial charge in [-0.05, 0) is 25.2 Å². The second kappa shape index (κ2) is 14.6. The van der Waals surface area contributed by atoms with E-state index >= 15 is 0 Å². The first-order valence-corrected chi connectivity index (χ1v) is 9.29. The van der Waals surface area contributed by atoms with Gasteiger partial charge in [0, 0.05) is 12.8 Å². The Balaban J connectivity index is 3.55. The summed E-state index contributed by atoms with van der Waals surface area (Å²) in [6.07, 6.45) is 13.8. The number of carbonyl (C=O) groups excluding carboxylic acids is 1. The van der Waals surface area contributed by atoms with Crippen LogP contribution in [-0.2, 0) is 4.79 Å². The molecule has 0 aliphatic heterocycles. The third-order valence-electron chi connectivity index (χ3n) is 4.20. The minimum atomic E-state index is -0.214. The van der Waals surface area contributed by atoms with Gasteiger partial charge in [0.2, 0.25) is 0 Å². The van der Waals surface area contributed by atoms with Gasteiger partial charge in [-0.25, -0.2) is 0 Å². The van der Waals surface area contributed by atoms with Gasteiger partial charge in [0.25, 0.3) is 0 Å². The monoisotopic (exact) mass is 298 g/mol. The van der Waals surface area contributed by atoms with Crippen molar-refractivity contribution < 1.29 is 9.90 Å². The maximum Gasteiger partial charge on any atom is 0.133 e. The van der Waals surface area contributed by atoms with Crippen molar-refractivity contribution in [3.8, 4) is 0 Å². The lowest BCUT2D eigenvalue weighted by Gasteiger charge is -2.15. The Kier molecular flexibility index (Phi) is 14.3. The van der Waals surface area contributed by atoms with Crippen LogP contribution in [0.1, 0.15) is 104 Å². The van der Waals surface area contributed by atoms with E-state index in [4.69, 9.17) is 0 Å². The van der Waals surface area contributed by atoms with Gasteiger partial charge in [0.15, 0.2) is 0 Å². The molecule has 1 N–H and O–H groups in total. The molecule has 0 saturated carbocycles. The molecule has 0 saturated heterocycles. The number of rotatable bonds is 15. The van der Waals surface area contributed by atoms with E-state index in [1.165, 1.54) is 44.9 Å². The lowest BCUT2D eigenvalue weighted by atomic mass is 9.93. The SMILES string of the molecule is CCCCCCCCC(=O)CC(C)CC(O)CCCCC. The maximum absolute atomic E-state index is 11.9. The number of aliphatic hydroxyl groups excluding tert-OH is 1. The number of ketones is 1. The largest absolute Gasteiger partial charge is 0.393 e. The summed E-state index contributed by atoms with van der Waals surface area (Å²) in [4.78, 5) is 11.9. The third kappa shape index (κ3) is 14.3. The molecule has 0 bridgehead atoms. The van der Waals surface area contributed by atoms with Crippen LogP contribution in [0.5, 0.6) is 0 Å². The molecule has 0 aromatic carbocycles. The summed E-state index contributed by atoms with van der Waals surface area (Å²) in [6.45, 7) is 6.50. The molecule has 126 valence electrons. The zero-order valence-electron chi connectivity index (χ0n) is 14.7. The zero-order valence-corrected chi connectivity index (χ0v) is 14.7. The summed E-state index contributed by atoms with van der Waals surface area (Å²) < 4.78 is 0. The lowest BCUT2D eigenvalue weighted by molar-refractivity contribution is -0.120. The summed E-state index contributed by atoms with van der Waals surface area (Å²) >= 11 is 0. The van der Waals surface area contributed by atoms with Crippen molar-refractivity contribution in [2.75, 3.05) is 0 Å². The van der Waals surface area contributed by atoms with E-state index in [1.807, 2.05) is 0 Å². The fourth-order valence-corrected chi connectivity index (χ4v) is 2.89. The third-order valence-corrected chi connectivity index (χ3v) is 4.20. The van der Waals surface area contributed by atoms with Crippen molar-refractivity contribution in [1.82, 2.24) is 0 Å². The number of Topliss-reactive ketones (excluding diaryl/α,β-unsaturated/α-hetero) is 1. The van der Waals surface area contributed by atoms with Crippen LogP contribution < -0.4 is 0 Å². The smallest absolute Gasteiger partial charge is 0.133 e. The minimum absolute atomic E-state index is 0.214. The van der Waals surface area contributed by atoms with Gasteiger partial charge in [-0.15, -0.1) is 0 Å². The number of hydrogen-bond donors (Lipinski definition) is 1. The van der Waals surface area contributed by atoms with Crippen LogP contribution in [0.2, 0.25) is 0 Å². The quantitative estimate of drug-likeness (QED) is 0.396. The second-order valence-corrected chi connectivity index (χ2v) is 6.75. The highest BCUT2D eigenvalue weighted by Gasteiger charge is 2.13. The van der Waals surface area contributed by atoms with Crippen LogP contribution >= 0.6 is 0 Å². The standard InChI is InChI=1S/C19H38O2/c1-4-6-8-9-10-12-14-19(21)16-17(3)15-18(20)13-11-7-5-2/h17-18,20H,4-16H2,1-3H3. The van der Waals surface area contributed by atoms with Gasteiger partial charge >= 0.3 is 0 Å². The molecule has 0 aliphatic rings. The Morgan fingerprint density at radius 1 is 0.905 bits per heavy atom. The molecule has 0 radical (unpaired) electrons. The van der Waals surface area contributed by atoms with Crippen molar-refractivity contribution in [3.63, 3.8) is 0 Å². The van der Waals surface area contributed by atoms with Crippen molar-refractivity contribution in [1.29, 1.82) is 0 Å². The van der Waals surface area contributed by atoms with E-state index in [1.54, 1.807) is 0 Å². The average molecular weight is 299 g/mol. The summed E-state index contributed by atoms with van der Waals surface area (Å²) in [5.41, 5.74) is 0. The molecule has 2 heteroatoms. The van der Waals surface area contributed by atoms with Gasteiger partial charge in [0.05, 0.1) is 6.10 Å². The molecular formula is C19H38O2. The summed E-state index contributed by atoms with van der Waals surface area (Å²) in [5.74, 6) is 0.716. The van der Waals surface area contributed by atoms with Gasteiger partial charge in [0.1, 0.15) is 5.78 Å². The number of carbonyl (C=O) groups is 1. The van der Waals surface area contributed by atoms with E-state index in [0.717, 1.165) is 32.1 Å². The Bertz CT molecular complexity index is 238. The first-order chi connectivity index (χ1) is 10.1. The van der Waals surface area contributed by atoms with E-state index in [9.17, 15) is 9.90 Å². The van der Waals surface area contributed by atoms with Crippen LogP contribution in [0, 0.1) is 5.92 Å². The van der Waals surface area contributed by atoms with Crippen LogP contribution in [-0.4, -0.2) is 17.0 Å². The molecule has 0 spiro atoms. The Morgan fingerprint density at radius 2 is 1.48 bits per heavy atom. The molecular weight excluding hydrogens is 260 g/mol. The highest BCUT2D eigenvalue weighted by atomic mass is 16.3. The topological polar surface area (TPSA) is 37.3 Å². The van der Waals surface area contributed by atoms with Crippen LogP contribution in [0.25, 0.3) is 0 Å². The zero-order chi connectivity index (χ0) is 15.9. The molecule has 0 rings (SSSR count). The van der Waals surface area contributed by atoms with E-state index in [0.29, 0.717) is 18.1 Å². The summed E-state index contributed by atoms with van der Waals surface area (Å²) in [7, 11) is 0. The van der Waals surface area contributed by atoms with Crippen molar-refractivity contribution >= 4 is 5.78 Å². The summed E-state index contributed by atoms with van der Waals surface area (Å²) in [5, 5.41) is 9.94. The summed E-state index contributed by atoms with van der Waals surface area (Å²) in [6, 6.07) is 0. The van der Waals surface area contributed by atoms with Gasteiger partial charge in [-0.1, -0.05) is 72.1 Å². The Hall–Kier alpha value is -0.370. The van der Waals surface area contributed by atoms with Gasteiger partial charge < -0.3 is 5.11 Å². The van der Waals surface area contributed by atoms with Gasteiger partial charge in [-0.2, -0.15) is 0 Å². The molecule has 0 heterocycles. The first-order valence-electron chi connectivity index (χ1n) is 9.29. The Morgan fingerprint density at radius 3 is 2.14 bits per heavy atom. The van der Waals surface area contributed by atoms with E-state index in [-0.39, 0.29) is 6.10 Å². The molecule has 0 amide bonds. The second-order valence-electron chi connectivity index (χ2n) is 6.75. The molecule has 2 unspecified atom stereocenters. The number of aliphatic hydroxyl groups is 1. The van der Waals surface area contributed by atoms with Crippen LogP contribution in [0.15, 0.2) is 0 Å². The minimum Gasteiger partial charge on any atom is -0.393 e. The molecule has 0 aromatic rings. The van der Waals surface area contributed by atoms with Crippen molar-refractivity contribution in [2.24, 2.45) is 5.92 Å². The lowest BCUT2D eigenvalue weighted by Crippen LogP contribution is -2.14. The fourth-order valence-electron chi connectivity index (χ4n) is 2.89. The predicted octanol–water partition coefficient (Wildman–Crippen LogP) is 5.66. The normalized spacial score (nSPS) is 14.1. The average Bonchev–Trinajstić information content (AvgIpc) is 2.42. The van der Waals surface area contributed by atoms with E-state index < -0.39 is 0 Å². The van der Waals surface area contributed by atoms with Crippen molar-refractivity contribution in [3.05, 3.63) is 0 Å². The molecule has 2 nitrogen and oxygen atoms in total. The predicted molar refractivity (Wildman–Crippen MR) is 91.5 cm³/mol. The van der Waals surface area contributed by atoms with E-state index in [2.05, 4.69) is 20.8 Å². The van der Waals surface area contributed by atoms with Crippen LogP contribution in [0.4, 0.5) is 0 Å². The fraction of sp³-hybridized carbons (Fsp3) is 0.947. The van der Waals surface area contributed by atoms with Gasteiger partial charge in [-0.3, -0.25) is 4.79 Å². The highest BCUT2D eigenvalue weighted by Crippen LogP contribution is 2.17. The molecule has 0 aliphatic carbocycles.